The van der Waals surface area contributed by atoms with E-state index in [0.717, 1.165) is 29.8 Å². The number of fused-ring (bicyclic) bond motifs is 1. The maximum Gasteiger partial charge on any atom is 0.356 e. The average Bonchev–Trinajstić information content (AvgIpc) is 2.62. The first-order valence-electron chi connectivity index (χ1n) is 5.75. The molecule has 1 aliphatic rings. The highest BCUT2D eigenvalue weighted by Gasteiger charge is 2.22. The van der Waals surface area contributed by atoms with Crippen LogP contribution in [-0.2, 0) is 6.42 Å². The van der Waals surface area contributed by atoms with Crippen LogP contribution in [0.5, 0.6) is 0 Å². The summed E-state index contributed by atoms with van der Waals surface area (Å²) < 4.78 is 2.78. The molecule has 94 valence electrons. The van der Waals surface area contributed by atoms with Crippen LogP contribution < -0.4 is 5.32 Å². The van der Waals surface area contributed by atoms with Gasteiger partial charge in [0.05, 0.1) is 5.52 Å². The van der Waals surface area contributed by atoms with Gasteiger partial charge in [-0.2, -0.15) is 0 Å². The number of pyridine rings is 1. The minimum Gasteiger partial charge on any atom is -0.476 e. The summed E-state index contributed by atoms with van der Waals surface area (Å²) >= 11 is 3.40. The highest BCUT2D eigenvalue weighted by molar-refractivity contribution is 9.10. The van der Waals surface area contributed by atoms with Gasteiger partial charge in [-0.25, -0.2) is 9.78 Å². The molecule has 0 unspecified atom stereocenters. The summed E-state index contributed by atoms with van der Waals surface area (Å²) in [7, 11) is 0. The summed E-state index contributed by atoms with van der Waals surface area (Å²) in [5, 5.41) is 12.4. The number of nitrogens with one attached hydrogen (secondary N) is 1. The molecular formula is C12H12BrN3O2. The van der Waals surface area contributed by atoms with Crippen molar-refractivity contribution in [3.05, 3.63) is 34.3 Å². The minimum absolute atomic E-state index is 0.129. The number of imidazole rings is 1. The van der Waals surface area contributed by atoms with Crippen LogP contribution in [0.3, 0.4) is 0 Å². The highest BCUT2D eigenvalue weighted by Crippen LogP contribution is 2.20. The van der Waals surface area contributed by atoms with E-state index in [4.69, 9.17) is 0 Å². The van der Waals surface area contributed by atoms with Crippen LogP contribution in [0.25, 0.3) is 5.52 Å². The summed E-state index contributed by atoms with van der Waals surface area (Å²) in [4.78, 5) is 15.4. The first kappa shape index (κ1) is 11.7. The molecule has 0 aromatic carbocycles. The number of hydrogen-bond acceptors (Lipinski definition) is 3. The fourth-order valence-corrected chi connectivity index (χ4v) is 2.51. The Morgan fingerprint density at radius 2 is 2.33 bits per heavy atom. The maximum atomic E-state index is 11.2. The summed E-state index contributed by atoms with van der Waals surface area (Å²) in [6.07, 6.45) is 2.67. The second-order valence-corrected chi connectivity index (χ2v) is 5.43. The first-order valence-corrected chi connectivity index (χ1v) is 6.55. The number of carboxylic acids is 1. The van der Waals surface area contributed by atoms with Gasteiger partial charge in [-0.05, 0) is 47.1 Å². The lowest BCUT2D eigenvalue weighted by Gasteiger charge is -2.26. The van der Waals surface area contributed by atoms with Gasteiger partial charge in [-0.1, -0.05) is 0 Å². The number of hydrogen-bond donors (Lipinski definition) is 2. The number of aromatic carboxylic acids is 1. The Kier molecular flexibility index (Phi) is 2.83. The van der Waals surface area contributed by atoms with E-state index >= 15 is 0 Å². The molecule has 0 amide bonds. The third-order valence-electron chi connectivity index (χ3n) is 3.21. The summed E-state index contributed by atoms with van der Waals surface area (Å²) in [6.45, 7) is 1.96. The van der Waals surface area contributed by atoms with Crippen molar-refractivity contribution >= 4 is 27.4 Å². The lowest BCUT2D eigenvalue weighted by atomic mass is 9.99. The zero-order valence-electron chi connectivity index (χ0n) is 9.56. The van der Waals surface area contributed by atoms with E-state index in [2.05, 4.69) is 26.2 Å². The van der Waals surface area contributed by atoms with Crippen LogP contribution in [0, 0.1) is 5.92 Å². The van der Waals surface area contributed by atoms with Gasteiger partial charge in [0, 0.05) is 17.1 Å². The number of carboxylic acid groups (broad SMARTS) is 1. The Morgan fingerprint density at radius 3 is 2.94 bits per heavy atom. The predicted octanol–water partition coefficient (Wildman–Crippen LogP) is 1.56. The number of nitrogens with zero attached hydrogens (tertiary/aromatic N) is 2. The molecule has 0 radical (unpaired) electrons. The zero-order chi connectivity index (χ0) is 12.7. The number of halogens is 1. The van der Waals surface area contributed by atoms with Gasteiger partial charge in [-0.3, -0.25) is 0 Å². The standard InChI is InChI=1S/C12H12BrN3O2/c13-8-1-2-9-11(12(17)18)15-10(16(9)6-8)3-7-4-14-5-7/h1-2,6-7,14H,3-5H2,(H,17,18). The molecule has 0 atom stereocenters. The van der Waals surface area contributed by atoms with Crippen molar-refractivity contribution in [3.63, 3.8) is 0 Å². The Labute approximate surface area is 112 Å². The predicted molar refractivity (Wildman–Crippen MR) is 69.9 cm³/mol. The van der Waals surface area contributed by atoms with Gasteiger partial charge in [0.25, 0.3) is 0 Å². The second kappa shape index (κ2) is 4.37. The third kappa shape index (κ3) is 1.91. The van der Waals surface area contributed by atoms with Crippen molar-refractivity contribution < 1.29 is 9.90 Å². The molecule has 0 spiro atoms. The average molecular weight is 310 g/mol. The Balaban J connectivity index is 2.10. The number of rotatable bonds is 3. The fraction of sp³-hybridized carbons (Fsp3) is 0.333. The highest BCUT2D eigenvalue weighted by atomic mass is 79.9. The van der Waals surface area contributed by atoms with Gasteiger partial charge in [0.1, 0.15) is 5.82 Å². The molecule has 6 heteroatoms. The van der Waals surface area contributed by atoms with Crippen LogP contribution in [0.15, 0.2) is 22.8 Å². The SMILES string of the molecule is O=C(O)c1nc(CC2CNC2)n2cc(Br)ccc12. The molecule has 3 heterocycles. The van der Waals surface area contributed by atoms with E-state index in [1.807, 2.05) is 16.7 Å². The monoisotopic (exact) mass is 309 g/mol. The van der Waals surface area contributed by atoms with Gasteiger partial charge in [-0.15, -0.1) is 0 Å². The van der Waals surface area contributed by atoms with Crippen molar-refractivity contribution in [2.75, 3.05) is 13.1 Å². The fourth-order valence-electron chi connectivity index (χ4n) is 2.17. The van der Waals surface area contributed by atoms with E-state index in [-0.39, 0.29) is 5.69 Å². The van der Waals surface area contributed by atoms with Crippen molar-refractivity contribution in [1.29, 1.82) is 0 Å². The summed E-state index contributed by atoms with van der Waals surface area (Å²) in [5.41, 5.74) is 0.776. The van der Waals surface area contributed by atoms with Crippen LogP contribution in [0.1, 0.15) is 16.3 Å². The van der Waals surface area contributed by atoms with Crippen molar-refractivity contribution in [2.24, 2.45) is 5.92 Å². The van der Waals surface area contributed by atoms with E-state index in [9.17, 15) is 9.90 Å². The molecule has 5 nitrogen and oxygen atoms in total. The van der Waals surface area contributed by atoms with E-state index < -0.39 is 5.97 Å². The van der Waals surface area contributed by atoms with Crippen molar-refractivity contribution in [2.45, 2.75) is 6.42 Å². The molecule has 0 saturated carbocycles. The normalized spacial score (nSPS) is 15.8. The van der Waals surface area contributed by atoms with Crippen LogP contribution in [0.2, 0.25) is 0 Å². The Bertz CT molecular complexity index is 619. The smallest absolute Gasteiger partial charge is 0.356 e. The Hall–Kier alpha value is -1.40. The quantitative estimate of drug-likeness (QED) is 0.903. The van der Waals surface area contributed by atoms with Crippen LogP contribution in [0.4, 0.5) is 0 Å². The largest absolute Gasteiger partial charge is 0.476 e. The third-order valence-corrected chi connectivity index (χ3v) is 3.68. The van der Waals surface area contributed by atoms with Gasteiger partial charge >= 0.3 is 5.97 Å². The summed E-state index contributed by atoms with van der Waals surface area (Å²) in [6, 6.07) is 3.61. The maximum absolute atomic E-state index is 11.2. The van der Waals surface area contributed by atoms with Gasteiger partial charge < -0.3 is 14.8 Å². The number of carbonyl (C=O) groups is 1. The molecule has 2 N–H and O–H groups in total. The molecule has 2 aromatic heterocycles. The Morgan fingerprint density at radius 1 is 1.56 bits per heavy atom. The molecule has 1 fully saturated rings. The molecular weight excluding hydrogens is 298 g/mol. The minimum atomic E-state index is -0.979. The molecule has 0 bridgehead atoms. The second-order valence-electron chi connectivity index (χ2n) is 4.51. The molecule has 3 rings (SSSR count). The lowest BCUT2D eigenvalue weighted by molar-refractivity contribution is 0.0693. The topological polar surface area (TPSA) is 66.6 Å². The van der Waals surface area contributed by atoms with Crippen molar-refractivity contribution in [1.82, 2.24) is 14.7 Å². The van der Waals surface area contributed by atoms with Gasteiger partial charge in [0.15, 0.2) is 5.69 Å². The molecule has 2 aromatic rings. The van der Waals surface area contributed by atoms with Crippen LogP contribution >= 0.6 is 15.9 Å². The number of aromatic nitrogens is 2. The van der Waals surface area contributed by atoms with Crippen molar-refractivity contribution in [3.8, 4) is 0 Å². The van der Waals surface area contributed by atoms with Crippen LogP contribution in [-0.4, -0.2) is 33.6 Å². The van der Waals surface area contributed by atoms with E-state index in [1.54, 1.807) is 6.07 Å². The van der Waals surface area contributed by atoms with E-state index in [0.29, 0.717) is 11.4 Å². The lowest BCUT2D eigenvalue weighted by Crippen LogP contribution is -2.43. The molecule has 0 aliphatic carbocycles. The summed E-state index contributed by atoms with van der Waals surface area (Å²) in [5.74, 6) is 0.388. The zero-order valence-corrected chi connectivity index (χ0v) is 11.1. The molecule has 18 heavy (non-hydrogen) atoms. The molecule has 1 saturated heterocycles. The first-order chi connectivity index (χ1) is 8.65. The van der Waals surface area contributed by atoms with Gasteiger partial charge in [0.2, 0.25) is 0 Å². The van der Waals surface area contributed by atoms with E-state index in [1.165, 1.54) is 0 Å². The molecule has 1 aliphatic heterocycles.